The number of aromatic nitrogens is 4. The van der Waals surface area contributed by atoms with Crippen LogP contribution in [0.25, 0.3) is 0 Å². The van der Waals surface area contributed by atoms with E-state index in [0.717, 1.165) is 30.3 Å². The van der Waals surface area contributed by atoms with Gasteiger partial charge in [-0.15, -0.1) is 0 Å². The maximum absolute atomic E-state index is 4.24. The number of H-pyrrole nitrogens is 1. The summed E-state index contributed by atoms with van der Waals surface area (Å²) in [4.78, 5) is 15.3. The largest absolute Gasteiger partial charge is 0.370 e. The van der Waals surface area contributed by atoms with Crippen molar-refractivity contribution in [3.63, 3.8) is 0 Å². The van der Waals surface area contributed by atoms with Gasteiger partial charge in [0, 0.05) is 31.1 Å². The molecule has 0 atom stereocenters. The van der Waals surface area contributed by atoms with Crippen LogP contribution in [0.4, 0.5) is 5.82 Å². The van der Waals surface area contributed by atoms with Crippen LogP contribution in [0.3, 0.4) is 0 Å². The molecule has 0 radical (unpaired) electrons. The molecule has 5 nitrogen and oxygen atoms in total. The molecule has 0 aliphatic rings. The van der Waals surface area contributed by atoms with Gasteiger partial charge in [0.1, 0.15) is 11.6 Å². The van der Waals surface area contributed by atoms with Crippen LogP contribution in [0.15, 0.2) is 24.8 Å². The zero-order valence-electron chi connectivity index (χ0n) is 8.57. The fourth-order valence-electron chi connectivity index (χ4n) is 1.30. The highest BCUT2D eigenvalue weighted by Gasteiger charge is 1.96. The number of nitrogens with zero attached hydrogens (tertiary/aromatic N) is 3. The first-order valence-corrected chi connectivity index (χ1v) is 4.85. The van der Waals surface area contributed by atoms with Crippen molar-refractivity contribution in [1.29, 1.82) is 0 Å². The lowest BCUT2D eigenvalue weighted by molar-refractivity contribution is 0.954. The van der Waals surface area contributed by atoms with Crippen molar-refractivity contribution in [3.8, 4) is 0 Å². The van der Waals surface area contributed by atoms with E-state index < -0.39 is 0 Å². The third-order valence-electron chi connectivity index (χ3n) is 2.03. The van der Waals surface area contributed by atoms with Crippen LogP contribution < -0.4 is 5.32 Å². The fourth-order valence-corrected chi connectivity index (χ4v) is 1.30. The third kappa shape index (κ3) is 2.77. The minimum absolute atomic E-state index is 0.779. The van der Waals surface area contributed by atoms with Gasteiger partial charge in [-0.25, -0.2) is 15.0 Å². The Morgan fingerprint density at radius 3 is 3.13 bits per heavy atom. The molecule has 2 heterocycles. The molecule has 2 aromatic heterocycles. The SMILES string of the molecule is Cc1nccc(NCCc2cnc[nH]2)n1. The Balaban J connectivity index is 1.83. The number of hydrogen-bond donors (Lipinski definition) is 2. The van der Waals surface area contributed by atoms with Crippen LogP contribution in [0.1, 0.15) is 11.5 Å². The van der Waals surface area contributed by atoms with Crippen LogP contribution in [0.2, 0.25) is 0 Å². The van der Waals surface area contributed by atoms with Crippen LogP contribution in [0.5, 0.6) is 0 Å². The van der Waals surface area contributed by atoms with E-state index in [1.165, 1.54) is 0 Å². The maximum atomic E-state index is 4.24. The summed E-state index contributed by atoms with van der Waals surface area (Å²) in [6.45, 7) is 2.71. The Hall–Kier alpha value is -1.91. The van der Waals surface area contributed by atoms with Crippen LogP contribution >= 0.6 is 0 Å². The second-order valence-electron chi connectivity index (χ2n) is 3.24. The summed E-state index contributed by atoms with van der Waals surface area (Å²) in [6, 6.07) is 1.86. The predicted molar refractivity (Wildman–Crippen MR) is 57.6 cm³/mol. The van der Waals surface area contributed by atoms with Crippen molar-refractivity contribution in [1.82, 2.24) is 19.9 Å². The summed E-state index contributed by atoms with van der Waals surface area (Å²) >= 11 is 0. The molecule has 78 valence electrons. The number of nitrogens with one attached hydrogen (secondary N) is 2. The Morgan fingerprint density at radius 1 is 1.47 bits per heavy atom. The highest BCUT2D eigenvalue weighted by molar-refractivity contribution is 5.32. The highest BCUT2D eigenvalue weighted by atomic mass is 15.0. The maximum Gasteiger partial charge on any atom is 0.129 e. The molecule has 0 saturated heterocycles. The van der Waals surface area contributed by atoms with E-state index in [2.05, 4.69) is 25.3 Å². The topological polar surface area (TPSA) is 66.5 Å². The monoisotopic (exact) mass is 203 g/mol. The molecule has 0 saturated carbocycles. The summed E-state index contributed by atoms with van der Waals surface area (Å²) in [7, 11) is 0. The molecule has 0 bridgehead atoms. The van der Waals surface area contributed by atoms with Crippen LogP contribution in [-0.2, 0) is 6.42 Å². The molecule has 0 aromatic carbocycles. The molecule has 5 heteroatoms. The van der Waals surface area contributed by atoms with Gasteiger partial charge in [0.2, 0.25) is 0 Å². The van der Waals surface area contributed by atoms with E-state index >= 15 is 0 Å². The quantitative estimate of drug-likeness (QED) is 0.782. The number of aromatic amines is 1. The minimum Gasteiger partial charge on any atom is -0.370 e. The second-order valence-corrected chi connectivity index (χ2v) is 3.24. The first kappa shape index (κ1) is 9.64. The van der Waals surface area contributed by atoms with Crippen molar-refractivity contribution in [2.75, 3.05) is 11.9 Å². The van der Waals surface area contributed by atoms with Gasteiger partial charge in [-0.05, 0) is 13.0 Å². The standard InChI is InChI=1S/C10H13N5/c1-8-12-5-3-10(15-8)13-4-2-9-6-11-7-14-9/h3,5-7H,2,4H2,1H3,(H,11,14)(H,12,13,15). The Kier molecular flexibility index (Phi) is 2.92. The molecular weight excluding hydrogens is 190 g/mol. The van der Waals surface area contributed by atoms with E-state index in [4.69, 9.17) is 0 Å². The van der Waals surface area contributed by atoms with Crippen molar-refractivity contribution in [2.45, 2.75) is 13.3 Å². The highest BCUT2D eigenvalue weighted by Crippen LogP contribution is 2.01. The molecule has 2 rings (SSSR count). The summed E-state index contributed by atoms with van der Waals surface area (Å²) < 4.78 is 0. The average Bonchev–Trinajstić information content (AvgIpc) is 2.71. The van der Waals surface area contributed by atoms with Gasteiger partial charge in [-0.2, -0.15) is 0 Å². The van der Waals surface area contributed by atoms with Crippen molar-refractivity contribution >= 4 is 5.82 Å². The molecular formula is C10H13N5. The summed E-state index contributed by atoms with van der Waals surface area (Å²) in [5.41, 5.74) is 1.12. The molecule has 0 aliphatic carbocycles. The van der Waals surface area contributed by atoms with Gasteiger partial charge in [0.15, 0.2) is 0 Å². The number of anilines is 1. The number of rotatable bonds is 4. The van der Waals surface area contributed by atoms with Gasteiger partial charge >= 0.3 is 0 Å². The lowest BCUT2D eigenvalue weighted by Crippen LogP contribution is -2.07. The molecule has 0 unspecified atom stereocenters. The summed E-state index contributed by atoms with van der Waals surface area (Å²) in [5, 5.41) is 3.22. The average molecular weight is 203 g/mol. The van der Waals surface area contributed by atoms with Gasteiger partial charge in [0.25, 0.3) is 0 Å². The van der Waals surface area contributed by atoms with Gasteiger partial charge in [-0.3, -0.25) is 0 Å². The van der Waals surface area contributed by atoms with Gasteiger partial charge in [0.05, 0.1) is 6.33 Å². The number of imidazole rings is 1. The lowest BCUT2D eigenvalue weighted by atomic mass is 10.3. The molecule has 0 spiro atoms. The van der Waals surface area contributed by atoms with E-state index in [-0.39, 0.29) is 0 Å². The Morgan fingerprint density at radius 2 is 2.40 bits per heavy atom. The smallest absolute Gasteiger partial charge is 0.129 e. The minimum atomic E-state index is 0.779. The van der Waals surface area contributed by atoms with Gasteiger partial charge < -0.3 is 10.3 Å². The molecule has 15 heavy (non-hydrogen) atoms. The first-order chi connectivity index (χ1) is 7.34. The van der Waals surface area contributed by atoms with Gasteiger partial charge in [-0.1, -0.05) is 0 Å². The zero-order valence-corrected chi connectivity index (χ0v) is 8.57. The second kappa shape index (κ2) is 4.54. The van der Waals surface area contributed by atoms with Crippen molar-refractivity contribution in [3.05, 3.63) is 36.3 Å². The van der Waals surface area contributed by atoms with E-state index in [0.29, 0.717) is 0 Å². The zero-order chi connectivity index (χ0) is 10.5. The Labute approximate surface area is 88.0 Å². The van der Waals surface area contributed by atoms with Crippen LogP contribution in [-0.4, -0.2) is 26.5 Å². The fraction of sp³-hybridized carbons (Fsp3) is 0.300. The Bertz CT molecular complexity index is 410. The molecule has 0 amide bonds. The third-order valence-corrected chi connectivity index (χ3v) is 2.03. The number of hydrogen-bond acceptors (Lipinski definition) is 4. The molecule has 0 fully saturated rings. The first-order valence-electron chi connectivity index (χ1n) is 4.85. The number of aryl methyl sites for hydroxylation is 1. The summed E-state index contributed by atoms with van der Waals surface area (Å²) in [6.07, 6.45) is 6.17. The lowest BCUT2D eigenvalue weighted by Gasteiger charge is -2.04. The normalized spacial score (nSPS) is 10.2. The van der Waals surface area contributed by atoms with Crippen molar-refractivity contribution in [2.24, 2.45) is 0 Å². The van der Waals surface area contributed by atoms with E-state index in [1.807, 2.05) is 19.2 Å². The molecule has 2 N–H and O–H groups in total. The van der Waals surface area contributed by atoms with E-state index in [9.17, 15) is 0 Å². The molecule has 2 aromatic rings. The van der Waals surface area contributed by atoms with E-state index in [1.54, 1.807) is 12.5 Å². The summed E-state index contributed by atoms with van der Waals surface area (Å²) in [5.74, 6) is 1.64. The molecule has 0 aliphatic heterocycles. The van der Waals surface area contributed by atoms with Crippen LogP contribution in [0, 0.1) is 6.92 Å². The van der Waals surface area contributed by atoms with Crippen molar-refractivity contribution < 1.29 is 0 Å². The predicted octanol–water partition coefficient (Wildman–Crippen LogP) is 1.16.